The summed E-state index contributed by atoms with van der Waals surface area (Å²) in [5, 5.41) is 6.77. The number of nitrogens with zero attached hydrogens (tertiary/aromatic N) is 3. The fourth-order valence-corrected chi connectivity index (χ4v) is 3.34. The zero-order valence-electron chi connectivity index (χ0n) is 16.1. The number of benzene rings is 2. The van der Waals surface area contributed by atoms with Gasteiger partial charge in [0, 0.05) is 31.1 Å². The van der Waals surface area contributed by atoms with Gasteiger partial charge in [-0.2, -0.15) is 4.98 Å². The minimum atomic E-state index is -0.455. The quantitative estimate of drug-likeness (QED) is 0.717. The molecule has 8 nitrogen and oxygen atoms in total. The Balaban J connectivity index is 1.50. The van der Waals surface area contributed by atoms with Gasteiger partial charge in [0.1, 0.15) is 5.75 Å². The summed E-state index contributed by atoms with van der Waals surface area (Å²) in [5.74, 6) is 0.729. The lowest BCUT2D eigenvalue weighted by molar-refractivity contribution is -0.122. The van der Waals surface area contributed by atoms with Crippen molar-refractivity contribution in [3.63, 3.8) is 0 Å². The van der Waals surface area contributed by atoms with Crippen molar-refractivity contribution in [2.45, 2.75) is 13.3 Å². The molecule has 1 fully saturated rings. The highest BCUT2D eigenvalue weighted by molar-refractivity contribution is 6.04. The molecule has 148 valence electrons. The third kappa shape index (κ3) is 3.82. The molecule has 1 aliphatic heterocycles. The highest BCUT2D eigenvalue weighted by Gasteiger charge is 2.35. The van der Waals surface area contributed by atoms with Crippen LogP contribution in [0.4, 0.5) is 11.4 Å². The molecule has 2 aromatic carbocycles. The van der Waals surface area contributed by atoms with Crippen LogP contribution in [-0.4, -0.2) is 35.6 Å². The Kier molecular flexibility index (Phi) is 4.99. The minimum absolute atomic E-state index is 0.105. The van der Waals surface area contributed by atoms with Gasteiger partial charge in [-0.3, -0.25) is 9.59 Å². The van der Waals surface area contributed by atoms with Crippen LogP contribution < -0.4 is 15.0 Å². The van der Waals surface area contributed by atoms with Gasteiger partial charge in [-0.15, -0.1) is 0 Å². The smallest absolute Gasteiger partial charge is 0.229 e. The largest absolute Gasteiger partial charge is 0.495 e. The molecule has 29 heavy (non-hydrogen) atoms. The molecule has 1 N–H and O–H groups in total. The van der Waals surface area contributed by atoms with Crippen LogP contribution in [0.25, 0.3) is 11.4 Å². The Bertz CT molecular complexity index is 1060. The Morgan fingerprint density at radius 2 is 2.07 bits per heavy atom. The number of carbonyl (C=O) groups is 2. The van der Waals surface area contributed by atoms with E-state index in [2.05, 4.69) is 15.5 Å². The first-order chi connectivity index (χ1) is 14.0. The van der Waals surface area contributed by atoms with Crippen molar-refractivity contribution in [2.24, 2.45) is 5.92 Å². The number of aromatic nitrogens is 2. The Morgan fingerprint density at radius 3 is 2.83 bits per heavy atom. The molecule has 2 heterocycles. The average molecular weight is 392 g/mol. The van der Waals surface area contributed by atoms with Gasteiger partial charge in [-0.05, 0) is 24.3 Å². The number of rotatable bonds is 5. The third-order valence-electron chi connectivity index (χ3n) is 4.80. The Labute approximate surface area is 167 Å². The van der Waals surface area contributed by atoms with Gasteiger partial charge in [0.2, 0.25) is 23.5 Å². The molecule has 1 unspecified atom stereocenters. The molecular formula is C21H20N4O4. The Morgan fingerprint density at radius 1 is 1.24 bits per heavy atom. The molecule has 0 radical (unpaired) electrons. The van der Waals surface area contributed by atoms with Crippen molar-refractivity contribution in [1.82, 2.24) is 10.1 Å². The molecule has 1 aromatic heterocycles. The van der Waals surface area contributed by atoms with Crippen molar-refractivity contribution in [3.05, 3.63) is 54.4 Å². The van der Waals surface area contributed by atoms with E-state index in [-0.39, 0.29) is 18.2 Å². The highest BCUT2D eigenvalue weighted by Crippen LogP contribution is 2.30. The van der Waals surface area contributed by atoms with Gasteiger partial charge in [0.05, 0.1) is 18.7 Å². The van der Waals surface area contributed by atoms with Crippen LogP contribution in [0.2, 0.25) is 0 Å². The number of methoxy groups -OCH3 is 1. The SMILES string of the molecule is COc1ccccc1NC(=O)C1CC(=O)N(c2cccc(-c3noc(C)n3)c2)C1. The number of carbonyl (C=O) groups excluding carboxylic acids is 2. The van der Waals surface area contributed by atoms with E-state index >= 15 is 0 Å². The predicted octanol–water partition coefficient (Wildman–Crippen LogP) is 3.05. The molecule has 0 aliphatic carbocycles. The van der Waals surface area contributed by atoms with Crippen LogP contribution in [-0.2, 0) is 9.59 Å². The van der Waals surface area contributed by atoms with Gasteiger partial charge in [0.25, 0.3) is 0 Å². The van der Waals surface area contributed by atoms with E-state index in [9.17, 15) is 9.59 Å². The molecule has 2 amide bonds. The van der Waals surface area contributed by atoms with Gasteiger partial charge in [0.15, 0.2) is 0 Å². The fourth-order valence-electron chi connectivity index (χ4n) is 3.34. The van der Waals surface area contributed by atoms with Crippen molar-refractivity contribution >= 4 is 23.2 Å². The van der Waals surface area contributed by atoms with Gasteiger partial charge in [-0.25, -0.2) is 0 Å². The number of aryl methyl sites for hydroxylation is 1. The molecule has 0 saturated carbocycles. The van der Waals surface area contributed by atoms with E-state index in [1.165, 1.54) is 0 Å². The number of amides is 2. The fraction of sp³-hybridized carbons (Fsp3) is 0.238. The van der Waals surface area contributed by atoms with Crippen molar-refractivity contribution in [1.29, 1.82) is 0 Å². The van der Waals surface area contributed by atoms with E-state index < -0.39 is 5.92 Å². The maximum Gasteiger partial charge on any atom is 0.229 e. The van der Waals surface area contributed by atoms with E-state index in [0.717, 1.165) is 5.56 Å². The normalized spacial score (nSPS) is 16.1. The van der Waals surface area contributed by atoms with Gasteiger partial charge < -0.3 is 19.5 Å². The van der Waals surface area contributed by atoms with Gasteiger partial charge >= 0.3 is 0 Å². The van der Waals surface area contributed by atoms with Crippen LogP contribution in [0.15, 0.2) is 53.1 Å². The number of para-hydroxylation sites is 2. The zero-order chi connectivity index (χ0) is 20.4. The number of anilines is 2. The number of hydrogen-bond acceptors (Lipinski definition) is 6. The first-order valence-electron chi connectivity index (χ1n) is 9.20. The summed E-state index contributed by atoms with van der Waals surface area (Å²) in [5.41, 5.74) is 2.02. The molecule has 1 saturated heterocycles. The molecule has 3 aromatic rings. The summed E-state index contributed by atoms with van der Waals surface area (Å²) in [6.45, 7) is 2.02. The van der Waals surface area contributed by atoms with Crippen LogP contribution in [0.5, 0.6) is 5.75 Å². The minimum Gasteiger partial charge on any atom is -0.495 e. The van der Waals surface area contributed by atoms with Crippen molar-refractivity contribution in [3.8, 4) is 17.1 Å². The van der Waals surface area contributed by atoms with Crippen LogP contribution in [0.3, 0.4) is 0 Å². The summed E-state index contributed by atoms with van der Waals surface area (Å²) in [4.78, 5) is 31.1. The maximum atomic E-state index is 12.7. The second kappa shape index (κ2) is 7.75. The molecule has 0 spiro atoms. The maximum absolute atomic E-state index is 12.7. The molecule has 1 aliphatic rings. The van der Waals surface area contributed by atoms with E-state index in [1.54, 1.807) is 31.1 Å². The topological polar surface area (TPSA) is 97.6 Å². The first-order valence-corrected chi connectivity index (χ1v) is 9.20. The lowest BCUT2D eigenvalue weighted by atomic mass is 10.1. The second-order valence-electron chi connectivity index (χ2n) is 6.78. The van der Waals surface area contributed by atoms with E-state index in [4.69, 9.17) is 9.26 Å². The second-order valence-corrected chi connectivity index (χ2v) is 6.78. The van der Waals surface area contributed by atoms with Crippen LogP contribution in [0, 0.1) is 12.8 Å². The Hall–Kier alpha value is -3.68. The summed E-state index contributed by atoms with van der Waals surface area (Å²) in [6.07, 6.45) is 0.145. The lowest BCUT2D eigenvalue weighted by Crippen LogP contribution is -2.28. The molecule has 4 rings (SSSR count). The highest BCUT2D eigenvalue weighted by atomic mass is 16.5. The van der Waals surface area contributed by atoms with Crippen LogP contribution in [0.1, 0.15) is 12.3 Å². The zero-order valence-corrected chi connectivity index (χ0v) is 16.1. The van der Waals surface area contributed by atoms with Gasteiger partial charge in [-0.1, -0.05) is 29.4 Å². The lowest BCUT2D eigenvalue weighted by Gasteiger charge is -2.17. The number of hydrogen-bond donors (Lipinski definition) is 1. The van der Waals surface area contributed by atoms with E-state index in [0.29, 0.717) is 35.4 Å². The monoisotopic (exact) mass is 392 g/mol. The van der Waals surface area contributed by atoms with Crippen molar-refractivity contribution < 1.29 is 18.8 Å². The number of ether oxygens (including phenoxy) is 1. The molecular weight excluding hydrogens is 372 g/mol. The molecule has 0 bridgehead atoms. The standard InChI is InChI=1S/C21H20N4O4/c1-13-22-20(24-29-13)14-6-5-7-16(10-14)25-12-15(11-19(25)26)21(27)23-17-8-3-4-9-18(17)28-2/h3-10,15H,11-12H2,1-2H3,(H,23,27). The molecule has 1 atom stereocenters. The van der Waals surface area contributed by atoms with Crippen LogP contribution >= 0.6 is 0 Å². The average Bonchev–Trinajstić information content (AvgIpc) is 3.34. The molecule has 8 heteroatoms. The summed E-state index contributed by atoms with van der Waals surface area (Å²) in [7, 11) is 1.55. The van der Waals surface area contributed by atoms with Crippen molar-refractivity contribution in [2.75, 3.05) is 23.9 Å². The summed E-state index contributed by atoms with van der Waals surface area (Å²) < 4.78 is 10.3. The van der Waals surface area contributed by atoms with E-state index in [1.807, 2.05) is 36.4 Å². The summed E-state index contributed by atoms with van der Waals surface area (Å²) in [6, 6.07) is 14.5. The first kappa shape index (κ1) is 18.7. The summed E-state index contributed by atoms with van der Waals surface area (Å²) >= 11 is 0. The number of nitrogens with one attached hydrogen (secondary N) is 1. The third-order valence-corrected chi connectivity index (χ3v) is 4.80. The predicted molar refractivity (Wildman–Crippen MR) is 107 cm³/mol.